The van der Waals surface area contributed by atoms with Crippen molar-refractivity contribution in [3.8, 4) is 17.1 Å². The number of rotatable bonds is 10. The molecule has 11 nitrogen and oxygen atoms in total. The third-order valence-corrected chi connectivity index (χ3v) is 5.25. The summed E-state index contributed by atoms with van der Waals surface area (Å²) >= 11 is 0. The lowest BCUT2D eigenvalue weighted by Gasteiger charge is -2.08. The van der Waals surface area contributed by atoms with Gasteiger partial charge in [0.2, 0.25) is 23.5 Å². The fourth-order valence-corrected chi connectivity index (χ4v) is 3.45. The van der Waals surface area contributed by atoms with E-state index in [4.69, 9.17) is 9.26 Å². The molecule has 0 aliphatic carbocycles. The Balaban J connectivity index is 1.18. The lowest BCUT2D eigenvalue weighted by Crippen LogP contribution is -2.35. The lowest BCUT2D eigenvalue weighted by atomic mass is 10.1. The van der Waals surface area contributed by atoms with Crippen LogP contribution in [0.15, 0.2) is 57.8 Å². The number of fused-ring (bicyclic) bond motifs is 1. The normalized spacial score (nSPS) is 10.8. The van der Waals surface area contributed by atoms with Crippen molar-refractivity contribution in [2.75, 3.05) is 20.2 Å². The first-order chi connectivity index (χ1) is 17.0. The average Bonchev–Trinajstić information content (AvgIpc) is 3.36. The van der Waals surface area contributed by atoms with Crippen LogP contribution >= 0.6 is 0 Å². The maximum atomic E-state index is 12.3. The van der Waals surface area contributed by atoms with Crippen LogP contribution in [0.5, 0.6) is 5.75 Å². The van der Waals surface area contributed by atoms with E-state index in [0.717, 1.165) is 11.3 Å². The molecule has 2 amide bonds. The zero-order valence-corrected chi connectivity index (χ0v) is 19.0. The molecule has 0 saturated heterocycles. The number of nitrogens with one attached hydrogen (secondary N) is 3. The maximum Gasteiger partial charge on any atom is 0.272 e. The van der Waals surface area contributed by atoms with Crippen LogP contribution in [-0.2, 0) is 22.4 Å². The highest BCUT2D eigenvalue weighted by atomic mass is 16.5. The van der Waals surface area contributed by atoms with E-state index in [9.17, 15) is 14.4 Å². The molecule has 4 rings (SSSR count). The van der Waals surface area contributed by atoms with Gasteiger partial charge < -0.3 is 19.9 Å². The Kier molecular flexibility index (Phi) is 7.46. The van der Waals surface area contributed by atoms with Gasteiger partial charge in [-0.05, 0) is 30.3 Å². The molecule has 0 saturated carbocycles. The summed E-state index contributed by atoms with van der Waals surface area (Å²) in [5, 5.41) is 16.9. The van der Waals surface area contributed by atoms with Gasteiger partial charge in [0.05, 0.1) is 24.6 Å². The van der Waals surface area contributed by atoms with Crippen molar-refractivity contribution in [1.82, 2.24) is 31.0 Å². The number of methoxy groups -OCH3 is 1. The SMILES string of the molecule is COc1ccc(-c2noc(CCC(=O)NCCNC(=O)Cc3n[nH]c(=O)c4ccccc34)n2)cc1. The third kappa shape index (κ3) is 6.08. The van der Waals surface area contributed by atoms with Crippen LogP contribution in [0.4, 0.5) is 0 Å². The Bertz CT molecular complexity index is 1380. The number of hydrogen-bond donors (Lipinski definition) is 3. The molecule has 2 heterocycles. The quantitative estimate of drug-likeness (QED) is 0.290. The Hall–Kier alpha value is -4.54. The van der Waals surface area contributed by atoms with Gasteiger partial charge in [-0.15, -0.1) is 0 Å². The van der Waals surface area contributed by atoms with Crippen molar-refractivity contribution < 1.29 is 18.8 Å². The summed E-state index contributed by atoms with van der Waals surface area (Å²) in [6.07, 6.45) is 0.483. The zero-order valence-electron chi connectivity index (χ0n) is 19.0. The van der Waals surface area contributed by atoms with E-state index >= 15 is 0 Å². The molecule has 3 N–H and O–H groups in total. The van der Waals surface area contributed by atoms with Crippen molar-refractivity contribution in [2.24, 2.45) is 0 Å². The molecule has 0 aliphatic rings. The summed E-state index contributed by atoms with van der Waals surface area (Å²) in [6.45, 7) is 0.527. The smallest absolute Gasteiger partial charge is 0.272 e. The molecule has 180 valence electrons. The predicted octanol–water partition coefficient (Wildman–Crippen LogP) is 1.39. The summed E-state index contributed by atoms with van der Waals surface area (Å²) < 4.78 is 10.3. The van der Waals surface area contributed by atoms with Gasteiger partial charge in [-0.25, -0.2) is 5.10 Å². The van der Waals surface area contributed by atoms with Gasteiger partial charge in [0.1, 0.15) is 5.75 Å². The largest absolute Gasteiger partial charge is 0.497 e. The molecule has 0 unspecified atom stereocenters. The van der Waals surface area contributed by atoms with E-state index in [0.29, 0.717) is 34.6 Å². The first kappa shape index (κ1) is 23.6. The van der Waals surface area contributed by atoms with E-state index in [-0.39, 0.29) is 43.3 Å². The number of nitrogens with zero attached hydrogens (tertiary/aromatic N) is 3. The minimum absolute atomic E-state index is 0.0128. The van der Waals surface area contributed by atoms with Crippen LogP contribution in [0.3, 0.4) is 0 Å². The summed E-state index contributed by atoms with van der Waals surface area (Å²) in [5.74, 6) is 1.07. The van der Waals surface area contributed by atoms with Gasteiger partial charge in [-0.1, -0.05) is 23.4 Å². The zero-order chi connectivity index (χ0) is 24.6. The fraction of sp³-hybridized carbons (Fsp3) is 0.250. The van der Waals surface area contributed by atoms with E-state index < -0.39 is 0 Å². The van der Waals surface area contributed by atoms with Gasteiger partial charge in [-0.2, -0.15) is 10.1 Å². The average molecular weight is 476 g/mol. The van der Waals surface area contributed by atoms with Crippen LogP contribution in [0.2, 0.25) is 0 Å². The number of aryl methyl sites for hydroxylation is 1. The number of amides is 2. The fourth-order valence-electron chi connectivity index (χ4n) is 3.45. The van der Waals surface area contributed by atoms with E-state index in [1.165, 1.54) is 0 Å². The highest BCUT2D eigenvalue weighted by molar-refractivity contribution is 5.88. The lowest BCUT2D eigenvalue weighted by molar-refractivity contribution is -0.122. The number of H-pyrrole nitrogens is 1. The second kappa shape index (κ2) is 11.1. The summed E-state index contributed by atoms with van der Waals surface area (Å²) in [5.41, 5.74) is 0.964. The Morgan fingerprint density at radius 2 is 1.71 bits per heavy atom. The van der Waals surface area contributed by atoms with Crippen LogP contribution < -0.4 is 20.9 Å². The Morgan fingerprint density at radius 1 is 1.00 bits per heavy atom. The van der Waals surface area contributed by atoms with Crippen molar-refractivity contribution in [3.63, 3.8) is 0 Å². The van der Waals surface area contributed by atoms with Crippen LogP contribution in [0.1, 0.15) is 18.0 Å². The number of carbonyl (C=O) groups is 2. The van der Waals surface area contributed by atoms with Gasteiger partial charge in [0, 0.05) is 36.9 Å². The molecule has 4 aromatic rings. The highest BCUT2D eigenvalue weighted by Crippen LogP contribution is 2.20. The van der Waals surface area contributed by atoms with Crippen LogP contribution in [0.25, 0.3) is 22.2 Å². The molecule has 2 aromatic carbocycles. The van der Waals surface area contributed by atoms with E-state index in [1.54, 1.807) is 43.5 Å². The summed E-state index contributed by atoms with van der Waals surface area (Å²) in [4.78, 5) is 40.5. The minimum Gasteiger partial charge on any atom is -0.497 e. The standard InChI is InChI=1S/C24H24N6O5/c1-34-16-8-6-15(7-9-16)23-27-22(35-30-23)11-10-20(31)25-12-13-26-21(32)14-19-17-4-2-3-5-18(17)24(33)29-28-19/h2-9H,10-14H2,1H3,(H,25,31)(H,26,32)(H,29,33). The predicted molar refractivity (Wildman–Crippen MR) is 127 cm³/mol. The highest BCUT2D eigenvalue weighted by Gasteiger charge is 2.12. The Labute approximate surface area is 199 Å². The number of aromatic nitrogens is 4. The van der Waals surface area contributed by atoms with Crippen molar-refractivity contribution in [1.29, 1.82) is 0 Å². The van der Waals surface area contributed by atoms with Crippen molar-refractivity contribution in [2.45, 2.75) is 19.3 Å². The second-order valence-corrected chi connectivity index (χ2v) is 7.66. The number of hydrogen-bond acceptors (Lipinski definition) is 8. The number of ether oxygens (including phenoxy) is 1. The van der Waals surface area contributed by atoms with E-state index in [2.05, 4.69) is 31.0 Å². The molecule has 2 aromatic heterocycles. The number of aromatic amines is 1. The molecule has 35 heavy (non-hydrogen) atoms. The monoisotopic (exact) mass is 476 g/mol. The van der Waals surface area contributed by atoms with Gasteiger partial charge >= 0.3 is 0 Å². The Morgan fingerprint density at radius 3 is 2.46 bits per heavy atom. The van der Waals surface area contributed by atoms with Crippen LogP contribution in [-0.4, -0.2) is 52.4 Å². The van der Waals surface area contributed by atoms with Gasteiger partial charge in [-0.3, -0.25) is 14.4 Å². The minimum atomic E-state index is -0.301. The molecule has 0 fully saturated rings. The molecule has 0 atom stereocenters. The first-order valence-corrected chi connectivity index (χ1v) is 11.0. The molecule has 0 radical (unpaired) electrons. The molecular weight excluding hydrogens is 452 g/mol. The third-order valence-electron chi connectivity index (χ3n) is 5.25. The van der Waals surface area contributed by atoms with E-state index in [1.807, 2.05) is 12.1 Å². The molecule has 0 bridgehead atoms. The summed E-state index contributed by atoms with van der Waals surface area (Å²) in [7, 11) is 1.59. The maximum absolute atomic E-state index is 12.3. The number of carbonyl (C=O) groups excluding carboxylic acids is 2. The second-order valence-electron chi connectivity index (χ2n) is 7.66. The topological polar surface area (TPSA) is 152 Å². The van der Waals surface area contributed by atoms with Crippen molar-refractivity contribution in [3.05, 3.63) is 70.5 Å². The molecule has 0 aliphatic heterocycles. The van der Waals surface area contributed by atoms with Gasteiger partial charge in [0.15, 0.2) is 0 Å². The molecular formula is C24H24N6O5. The summed E-state index contributed by atoms with van der Waals surface area (Å²) in [6, 6.07) is 14.2. The van der Waals surface area contributed by atoms with Gasteiger partial charge in [0.25, 0.3) is 5.56 Å². The first-order valence-electron chi connectivity index (χ1n) is 11.0. The van der Waals surface area contributed by atoms with Crippen LogP contribution in [0, 0.1) is 0 Å². The molecule has 0 spiro atoms. The number of benzene rings is 2. The van der Waals surface area contributed by atoms with Crippen molar-refractivity contribution >= 4 is 22.6 Å². The molecule has 11 heteroatoms.